The number of nitrogens with one attached hydrogen (secondary N) is 1. The van der Waals surface area contributed by atoms with E-state index in [0.29, 0.717) is 0 Å². The van der Waals surface area contributed by atoms with E-state index in [-0.39, 0.29) is 10.9 Å². The Morgan fingerprint density at radius 3 is 2.48 bits per heavy atom. The molecule has 0 bridgehead atoms. The van der Waals surface area contributed by atoms with Crippen molar-refractivity contribution in [3.8, 4) is 0 Å². The summed E-state index contributed by atoms with van der Waals surface area (Å²) in [7, 11) is -3.60. The topological polar surface area (TPSA) is 63.2 Å². The van der Waals surface area contributed by atoms with Crippen LogP contribution in [0.5, 0.6) is 0 Å². The van der Waals surface area contributed by atoms with Gasteiger partial charge in [-0.1, -0.05) is 23.8 Å². The smallest absolute Gasteiger partial charge is 0.236 e. The van der Waals surface area contributed by atoms with Crippen molar-refractivity contribution < 1.29 is 13.2 Å². The Morgan fingerprint density at radius 2 is 1.90 bits per heavy atom. The zero-order valence-corrected chi connectivity index (χ0v) is 13.5. The van der Waals surface area contributed by atoms with E-state index < -0.39 is 21.5 Å². The van der Waals surface area contributed by atoms with Gasteiger partial charge in [0.05, 0.1) is 10.9 Å². The van der Waals surface area contributed by atoms with Crippen molar-refractivity contribution in [2.45, 2.75) is 24.8 Å². The van der Waals surface area contributed by atoms with Crippen molar-refractivity contribution in [1.29, 1.82) is 0 Å². The summed E-state index contributed by atoms with van der Waals surface area (Å²) in [5.41, 5.74) is 0.977. The lowest BCUT2D eigenvalue weighted by molar-refractivity contribution is -0.119. The molecule has 0 radical (unpaired) electrons. The zero-order valence-electron chi connectivity index (χ0n) is 11.9. The Bertz CT molecular complexity index is 704. The van der Waals surface area contributed by atoms with E-state index in [1.807, 2.05) is 31.4 Å². The SMILES string of the molecule is Cc1ccc(S(=O)(=O)CC(=O)NC(C)c2cccs2)cc1. The van der Waals surface area contributed by atoms with Crippen LogP contribution in [0.25, 0.3) is 0 Å². The number of carbonyl (C=O) groups is 1. The van der Waals surface area contributed by atoms with Crippen LogP contribution in [0.15, 0.2) is 46.7 Å². The summed E-state index contributed by atoms with van der Waals surface area (Å²) in [4.78, 5) is 13.1. The second-order valence-corrected chi connectivity index (χ2v) is 7.85. The molecule has 4 nitrogen and oxygen atoms in total. The minimum absolute atomic E-state index is 0.173. The number of sulfone groups is 1. The summed E-state index contributed by atoms with van der Waals surface area (Å²) >= 11 is 1.52. The van der Waals surface area contributed by atoms with Gasteiger partial charge in [0.25, 0.3) is 0 Å². The van der Waals surface area contributed by atoms with Crippen molar-refractivity contribution >= 4 is 27.1 Å². The van der Waals surface area contributed by atoms with Crippen LogP contribution in [-0.4, -0.2) is 20.1 Å². The predicted molar refractivity (Wildman–Crippen MR) is 84.1 cm³/mol. The number of amides is 1. The lowest BCUT2D eigenvalue weighted by atomic mass is 10.2. The highest BCUT2D eigenvalue weighted by Gasteiger charge is 2.20. The molecule has 0 aliphatic carbocycles. The van der Waals surface area contributed by atoms with Crippen molar-refractivity contribution in [3.05, 3.63) is 52.2 Å². The molecule has 0 aliphatic rings. The maximum absolute atomic E-state index is 12.2. The summed E-state index contributed by atoms with van der Waals surface area (Å²) in [6.07, 6.45) is 0. The third kappa shape index (κ3) is 4.15. The largest absolute Gasteiger partial charge is 0.348 e. The fourth-order valence-corrected chi connectivity index (χ4v) is 3.77. The van der Waals surface area contributed by atoms with Gasteiger partial charge in [0.15, 0.2) is 9.84 Å². The Kier molecular flexibility index (Phi) is 4.80. The molecule has 1 unspecified atom stereocenters. The van der Waals surface area contributed by atoms with Crippen LogP contribution >= 0.6 is 11.3 Å². The fourth-order valence-electron chi connectivity index (χ4n) is 1.89. The van der Waals surface area contributed by atoms with Gasteiger partial charge in [-0.25, -0.2) is 8.42 Å². The molecular weight excluding hydrogens is 306 g/mol. The third-order valence-corrected chi connectivity index (χ3v) is 5.74. The van der Waals surface area contributed by atoms with E-state index >= 15 is 0 Å². The average molecular weight is 323 g/mol. The standard InChI is InChI=1S/C15H17NO3S2/c1-11-5-7-13(8-6-11)21(18,19)10-15(17)16-12(2)14-4-3-9-20-14/h3-9,12H,10H2,1-2H3,(H,16,17). The number of rotatable bonds is 5. The highest BCUT2D eigenvalue weighted by atomic mass is 32.2. The second kappa shape index (κ2) is 6.41. The van der Waals surface area contributed by atoms with Crippen LogP contribution in [0.2, 0.25) is 0 Å². The third-order valence-electron chi connectivity index (χ3n) is 3.05. The predicted octanol–water partition coefficient (Wildman–Crippen LogP) is 2.71. The molecule has 1 atom stereocenters. The van der Waals surface area contributed by atoms with Gasteiger partial charge in [0.2, 0.25) is 5.91 Å². The molecule has 0 aliphatic heterocycles. The summed E-state index contributed by atoms with van der Waals surface area (Å²) in [5.74, 6) is -1.03. The van der Waals surface area contributed by atoms with Gasteiger partial charge in [-0.15, -0.1) is 11.3 Å². The minimum Gasteiger partial charge on any atom is -0.348 e. The highest BCUT2D eigenvalue weighted by Crippen LogP contribution is 2.18. The molecule has 0 saturated heterocycles. The first kappa shape index (κ1) is 15.7. The van der Waals surface area contributed by atoms with Gasteiger partial charge in [0, 0.05) is 4.88 Å². The molecular formula is C15H17NO3S2. The van der Waals surface area contributed by atoms with E-state index in [2.05, 4.69) is 5.32 Å². The van der Waals surface area contributed by atoms with Crippen LogP contribution in [-0.2, 0) is 14.6 Å². The van der Waals surface area contributed by atoms with E-state index in [4.69, 9.17) is 0 Å². The Labute approximate surface area is 128 Å². The Hall–Kier alpha value is -1.66. The quantitative estimate of drug-likeness (QED) is 0.920. The number of hydrogen-bond acceptors (Lipinski definition) is 4. The first-order valence-corrected chi connectivity index (χ1v) is 9.04. The van der Waals surface area contributed by atoms with Gasteiger partial charge >= 0.3 is 0 Å². The van der Waals surface area contributed by atoms with Gasteiger partial charge in [-0.3, -0.25) is 4.79 Å². The van der Waals surface area contributed by atoms with E-state index in [9.17, 15) is 13.2 Å². The molecule has 6 heteroatoms. The van der Waals surface area contributed by atoms with Gasteiger partial charge in [-0.2, -0.15) is 0 Å². The van der Waals surface area contributed by atoms with Crippen LogP contribution < -0.4 is 5.32 Å². The number of thiophene rings is 1. The summed E-state index contributed by atoms with van der Waals surface area (Å²) in [6, 6.07) is 10.1. The van der Waals surface area contributed by atoms with E-state index in [0.717, 1.165) is 10.4 Å². The number of aryl methyl sites for hydroxylation is 1. The first-order valence-electron chi connectivity index (χ1n) is 6.51. The molecule has 0 fully saturated rings. The molecule has 1 amide bonds. The van der Waals surface area contributed by atoms with E-state index in [1.165, 1.54) is 23.5 Å². The van der Waals surface area contributed by atoms with Crippen molar-refractivity contribution in [3.63, 3.8) is 0 Å². The molecule has 1 N–H and O–H groups in total. The summed E-state index contributed by atoms with van der Waals surface area (Å²) < 4.78 is 24.3. The van der Waals surface area contributed by atoms with E-state index in [1.54, 1.807) is 12.1 Å². The van der Waals surface area contributed by atoms with Gasteiger partial charge in [-0.05, 0) is 37.4 Å². The van der Waals surface area contributed by atoms with Crippen LogP contribution in [0, 0.1) is 6.92 Å². The Balaban J connectivity index is 2.03. The number of benzene rings is 1. The number of hydrogen-bond donors (Lipinski definition) is 1. The molecule has 2 aromatic rings. The average Bonchev–Trinajstić information content (AvgIpc) is 2.92. The monoisotopic (exact) mass is 323 g/mol. The molecule has 0 saturated carbocycles. The van der Waals surface area contributed by atoms with Crippen LogP contribution in [0.1, 0.15) is 23.4 Å². The maximum Gasteiger partial charge on any atom is 0.236 e. The second-order valence-electron chi connectivity index (χ2n) is 4.88. The normalized spacial score (nSPS) is 12.9. The molecule has 0 spiro atoms. The molecule has 112 valence electrons. The fraction of sp³-hybridized carbons (Fsp3) is 0.267. The number of carbonyl (C=O) groups excluding carboxylic acids is 1. The van der Waals surface area contributed by atoms with Gasteiger partial charge in [0.1, 0.15) is 5.75 Å². The maximum atomic E-state index is 12.2. The summed E-state index contributed by atoms with van der Waals surface area (Å²) in [6.45, 7) is 3.72. The molecule has 1 heterocycles. The highest BCUT2D eigenvalue weighted by molar-refractivity contribution is 7.92. The van der Waals surface area contributed by atoms with Crippen molar-refractivity contribution in [1.82, 2.24) is 5.32 Å². The van der Waals surface area contributed by atoms with Crippen LogP contribution in [0.3, 0.4) is 0 Å². The molecule has 1 aromatic heterocycles. The zero-order chi connectivity index (χ0) is 15.5. The first-order chi connectivity index (χ1) is 9.88. The van der Waals surface area contributed by atoms with Gasteiger partial charge < -0.3 is 5.32 Å². The molecule has 2 rings (SSSR count). The van der Waals surface area contributed by atoms with Crippen LogP contribution in [0.4, 0.5) is 0 Å². The Morgan fingerprint density at radius 1 is 1.24 bits per heavy atom. The summed E-state index contributed by atoms with van der Waals surface area (Å²) in [5, 5.41) is 4.63. The lowest BCUT2D eigenvalue weighted by Crippen LogP contribution is -2.32. The van der Waals surface area contributed by atoms with Crippen molar-refractivity contribution in [2.75, 3.05) is 5.75 Å². The molecule has 21 heavy (non-hydrogen) atoms. The minimum atomic E-state index is -3.60. The van der Waals surface area contributed by atoms with Crippen molar-refractivity contribution in [2.24, 2.45) is 0 Å². The molecule has 1 aromatic carbocycles. The lowest BCUT2D eigenvalue weighted by Gasteiger charge is -2.12.